The lowest BCUT2D eigenvalue weighted by Crippen LogP contribution is -2.53. The Bertz CT molecular complexity index is 1050. The SMILES string of the molecule is CCc1ccccc1NC(=O)CN1CCN(C(=O)NCCCc2nc3ccccc3[nH]2)CC1. The molecule has 0 bridgehead atoms. The van der Waals surface area contributed by atoms with Crippen molar-refractivity contribution in [2.24, 2.45) is 0 Å². The summed E-state index contributed by atoms with van der Waals surface area (Å²) < 4.78 is 0. The third-order valence-electron chi connectivity index (χ3n) is 6.00. The van der Waals surface area contributed by atoms with Gasteiger partial charge in [-0.15, -0.1) is 0 Å². The molecule has 1 aliphatic rings. The summed E-state index contributed by atoms with van der Waals surface area (Å²) in [4.78, 5) is 36.7. The maximum Gasteiger partial charge on any atom is 0.317 e. The van der Waals surface area contributed by atoms with E-state index >= 15 is 0 Å². The molecule has 8 heteroatoms. The number of hydrogen-bond acceptors (Lipinski definition) is 4. The predicted octanol–water partition coefficient (Wildman–Crippen LogP) is 3.02. The first-order valence-corrected chi connectivity index (χ1v) is 11.7. The fourth-order valence-electron chi connectivity index (χ4n) is 4.14. The number of urea groups is 1. The van der Waals surface area contributed by atoms with Crippen molar-refractivity contribution in [3.63, 3.8) is 0 Å². The maximum absolute atomic E-state index is 12.5. The molecule has 0 saturated carbocycles. The quantitative estimate of drug-likeness (QED) is 0.462. The molecule has 8 nitrogen and oxygen atoms in total. The minimum absolute atomic E-state index is 0.0145. The molecule has 4 rings (SSSR count). The molecule has 1 aromatic heterocycles. The number of rotatable bonds is 8. The number of fused-ring (bicyclic) bond motifs is 1. The molecule has 3 amide bonds. The number of anilines is 1. The van der Waals surface area contributed by atoms with Gasteiger partial charge >= 0.3 is 6.03 Å². The van der Waals surface area contributed by atoms with Gasteiger partial charge < -0.3 is 20.5 Å². The molecule has 0 spiro atoms. The highest BCUT2D eigenvalue weighted by atomic mass is 16.2. The molecule has 0 aliphatic carbocycles. The first kappa shape index (κ1) is 22.8. The summed E-state index contributed by atoms with van der Waals surface area (Å²) in [6.45, 7) is 5.64. The van der Waals surface area contributed by atoms with Gasteiger partial charge in [0.15, 0.2) is 0 Å². The molecule has 33 heavy (non-hydrogen) atoms. The van der Waals surface area contributed by atoms with E-state index in [0.717, 1.165) is 47.4 Å². The predicted molar refractivity (Wildman–Crippen MR) is 130 cm³/mol. The topological polar surface area (TPSA) is 93.4 Å². The van der Waals surface area contributed by atoms with Gasteiger partial charge in [-0.3, -0.25) is 9.69 Å². The third-order valence-corrected chi connectivity index (χ3v) is 6.00. The van der Waals surface area contributed by atoms with Gasteiger partial charge in [0, 0.05) is 44.8 Å². The van der Waals surface area contributed by atoms with Crippen molar-refractivity contribution in [3.05, 3.63) is 59.9 Å². The number of carbonyl (C=O) groups is 2. The van der Waals surface area contributed by atoms with Gasteiger partial charge in [-0.1, -0.05) is 37.3 Å². The van der Waals surface area contributed by atoms with Crippen molar-refractivity contribution in [2.75, 3.05) is 44.6 Å². The summed E-state index contributed by atoms with van der Waals surface area (Å²) in [5.41, 5.74) is 4.02. The standard InChI is InChI=1S/C25H32N6O2/c1-2-19-8-3-4-9-20(19)29-24(32)18-30-14-16-31(17-15-30)25(33)26-13-7-12-23-27-21-10-5-6-11-22(21)28-23/h3-6,8-11H,2,7,12-18H2,1H3,(H,26,33)(H,27,28)(H,29,32). The first-order chi connectivity index (χ1) is 16.1. The molecule has 0 atom stereocenters. The van der Waals surface area contributed by atoms with Crippen molar-refractivity contribution >= 4 is 28.7 Å². The zero-order valence-corrected chi connectivity index (χ0v) is 19.1. The van der Waals surface area contributed by atoms with Crippen molar-refractivity contribution in [2.45, 2.75) is 26.2 Å². The third kappa shape index (κ3) is 6.10. The average Bonchev–Trinajstić information content (AvgIpc) is 3.25. The minimum Gasteiger partial charge on any atom is -0.342 e. The lowest BCUT2D eigenvalue weighted by atomic mass is 10.1. The molecule has 1 saturated heterocycles. The second-order valence-corrected chi connectivity index (χ2v) is 8.36. The van der Waals surface area contributed by atoms with E-state index in [-0.39, 0.29) is 11.9 Å². The van der Waals surface area contributed by atoms with Crippen LogP contribution in [0.1, 0.15) is 24.7 Å². The molecule has 2 heterocycles. The van der Waals surface area contributed by atoms with Gasteiger partial charge in [-0.2, -0.15) is 0 Å². The summed E-state index contributed by atoms with van der Waals surface area (Å²) >= 11 is 0. The summed E-state index contributed by atoms with van der Waals surface area (Å²) in [6.07, 6.45) is 2.49. The Labute approximate surface area is 194 Å². The van der Waals surface area contributed by atoms with Crippen LogP contribution in [-0.4, -0.2) is 71.0 Å². The number of amides is 3. The summed E-state index contributed by atoms with van der Waals surface area (Å²) in [5, 5.41) is 6.02. The number of piperazine rings is 1. The summed E-state index contributed by atoms with van der Waals surface area (Å²) in [6, 6.07) is 15.8. The highest BCUT2D eigenvalue weighted by Gasteiger charge is 2.22. The zero-order valence-electron chi connectivity index (χ0n) is 19.1. The van der Waals surface area contributed by atoms with Crippen LogP contribution >= 0.6 is 0 Å². The van der Waals surface area contributed by atoms with E-state index in [1.165, 1.54) is 0 Å². The van der Waals surface area contributed by atoms with Gasteiger partial charge in [0.25, 0.3) is 0 Å². The van der Waals surface area contributed by atoms with E-state index in [4.69, 9.17) is 0 Å². The van der Waals surface area contributed by atoms with E-state index in [1.54, 1.807) is 0 Å². The van der Waals surface area contributed by atoms with Crippen molar-refractivity contribution in [1.29, 1.82) is 0 Å². The summed E-state index contributed by atoms with van der Waals surface area (Å²) in [5.74, 6) is 0.929. The molecule has 1 fully saturated rings. The van der Waals surface area contributed by atoms with Crippen LogP contribution in [-0.2, 0) is 17.6 Å². The van der Waals surface area contributed by atoms with Crippen LogP contribution in [0.25, 0.3) is 11.0 Å². The smallest absolute Gasteiger partial charge is 0.317 e. The second kappa shape index (κ2) is 11.0. The fourth-order valence-corrected chi connectivity index (χ4v) is 4.14. The molecule has 2 aromatic carbocycles. The van der Waals surface area contributed by atoms with Crippen LogP contribution in [0.4, 0.5) is 10.5 Å². The molecular weight excluding hydrogens is 416 g/mol. The number of aromatic nitrogens is 2. The number of benzene rings is 2. The van der Waals surface area contributed by atoms with Crippen LogP contribution in [0, 0.1) is 0 Å². The van der Waals surface area contributed by atoms with Crippen LogP contribution in [0.5, 0.6) is 0 Å². The van der Waals surface area contributed by atoms with Gasteiger partial charge in [0.2, 0.25) is 5.91 Å². The van der Waals surface area contributed by atoms with Crippen LogP contribution in [0.2, 0.25) is 0 Å². The van der Waals surface area contributed by atoms with Crippen LogP contribution < -0.4 is 10.6 Å². The van der Waals surface area contributed by atoms with E-state index in [1.807, 2.05) is 53.4 Å². The largest absolute Gasteiger partial charge is 0.342 e. The first-order valence-electron chi connectivity index (χ1n) is 11.7. The molecule has 3 aromatic rings. The second-order valence-electron chi connectivity index (χ2n) is 8.36. The number of hydrogen-bond donors (Lipinski definition) is 3. The Morgan fingerprint density at radius 2 is 1.79 bits per heavy atom. The molecular formula is C25H32N6O2. The number of aromatic amines is 1. The monoisotopic (exact) mass is 448 g/mol. The number of carbonyl (C=O) groups excluding carboxylic acids is 2. The highest BCUT2D eigenvalue weighted by Crippen LogP contribution is 2.15. The molecule has 0 unspecified atom stereocenters. The van der Waals surface area contributed by atoms with Gasteiger partial charge in [-0.25, -0.2) is 9.78 Å². The Morgan fingerprint density at radius 3 is 2.58 bits per heavy atom. The van der Waals surface area contributed by atoms with Crippen molar-refractivity contribution < 1.29 is 9.59 Å². The molecule has 174 valence electrons. The molecule has 1 aliphatic heterocycles. The van der Waals surface area contributed by atoms with E-state index in [9.17, 15) is 9.59 Å². The number of para-hydroxylation sites is 3. The number of imidazole rings is 1. The fraction of sp³-hybridized carbons (Fsp3) is 0.400. The van der Waals surface area contributed by atoms with Crippen LogP contribution in [0.15, 0.2) is 48.5 Å². The van der Waals surface area contributed by atoms with Crippen LogP contribution in [0.3, 0.4) is 0 Å². The lowest BCUT2D eigenvalue weighted by Gasteiger charge is -2.34. The molecule has 0 radical (unpaired) electrons. The van der Waals surface area contributed by atoms with E-state index < -0.39 is 0 Å². The zero-order chi connectivity index (χ0) is 23.0. The Kier molecular flexibility index (Phi) is 7.57. The normalized spacial score (nSPS) is 14.4. The Balaban J connectivity index is 1.14. The average molecular weight is 449 g/mol. The van der Waals surface area contributed by atoms with Crippen molar-refractivity contribution in [3.8, 4) is 0 Å². The van der Waals surface area contributed by atoms with Crippen molar-refractivity contribution in [1.82, 2.24) is 25.1 Å². The maximum atomic E-state index is 12.5. The Morgan fingerprint density at radius 1 is 1.03 bits per heavy atom. The number of nitrogens with one attached hydrogen (secondary N) is 3. The lowest BCUT2D eigenvalue weighted by molar-refractivity contribution is -0.117. The minimum atomic E-state index is -0.0411. The highest BCUT2D eigenvalue weighted by molar-refractivity contribution is 5.93. The molecule has 3 N–H and O–H groups in total. The van der Waals surface area contributed by atoms with E-state index in [2.05, 4.69) is 32.4 Å². The number of aryl methyl sites for hydroxylation is 2. The van der Waals surface area contributed by atoms with Gasteiger partial charge in [-0.05, 0) is 36.6 Å². The van der Waals surface area contributed by atoms with Gasteiger partial charge in [0.1, 0.15) is 5.82 Å². The number of H-pyrrole nitrogens is 1. The summed E-state index contributed by atoms with van der Waals surface area (Å²) in [7, 11) is 0. The van der Waals surface area contributed by atoms with Gasteiger partial charge in [0.05, 0.1) is 17.6 Å². The number of nitrogens with zero attached hydrogens (tertiary/aromatic N) is 3. The van der Waals surface area contributed by atoms with E-state index in [0.29, 0.717) is 39.3 Å². The Hall–Kier alpha value is -3.39.